The number of halogens is 2. The van der Waals surface area contributed by atoms with Gasteiger partial charge in [0.25, 0.3) is 5.91 Å². The summed E-state index contributed by atoms with van der Waals surface area (Å²) >= 11 is 9.48. The third kappa shape index (κ3) is 3.26. The van der Waals surface area contributed by atoms with Crippen molar-refractivity contribution in [1.29, 1.82) is 0 Å². The average Bonchev–Trinajstić information content (AvgIpc) is 2.63. The SMILES string of the molecule is O=C(NC1CCCCCC1Cl)c1ccoc1Br. The highest BCUT2D eigenvalue weighted by atomic mass is 79.9. The summed E-state index contributed by atoms with van der Waals surface area (Å²) in [4.78, 5) is 12.0. The van der Waals surface area contributed by atoms with Gasteiger partial charge in [-0.1, -0.05) is 19.3 Å². The maximum atomic E-state index is 12.0. The molecule has 0 bridgehead atoms. The van der Waals surface area contributed by atoms with Crippen LogP contribution >= 0.6 is 27.5 Å². The van der Waals surface area contributed by atoms with Crippen molar-refractivity contribution in [1.82, 2.24) is 5.32 Å². The van der Waals surface area contributed by atoms with Crippen molar-refractivity contribution in [2.24, 2.45) is 0 Å². The minimum Gasteiger partial charge on any atom is -0.457 e. The van der Waals surface area contributed by atoms with E-state index >= 15 is 0 Å². The number of furan rings is 1. The predicted octanol–water partition coefficient (Wildman–Crippen LogP) is 3.71. The van der Waals surface area contributed by atoms with Gasteiger partial charge in [0, 0.05) is 6.04 Å². The van der Waals surface area contributed by atoms with Crippen LogP contribution in [0.15, 0.2) is 21.4 Å². The minimum atomic E-state index is -0.122. The second-order valence-corrected chi connectivity index (χ2v) is 5.62. The van der Waals surface area contributed by atoms with Gasteiger partial charge in [0.15, 0.2) is 4.67 Å². The lowest BCUT2D eigenvalue weighted by Crippen LogP contribution is -2.40. The molecule has 1 aromatic rings. The number of hydrogen-bond acceptors (Lipinski definition) is 2. The molecule has 17 heavy (non-hydrogen) atoms. The number of hydrogen-bond donors (Lipinski definition) is 1. The molecular weight excluding hydrogens is 305 g/mol. The maximum Gasteiger partial charge on any atom is 0.256 e. The zero-order valence-electron chi connectivity index (χ0n) is 9.42. The van der Waals surface area contributed by atoms with Gasteiger partial charge in [-0.05, 0) is 34.8 Å². The molecular formula is C12H15BrClNO2. The molecule has 2 atom stereocenters. The molecule has 1 aliphatic carbocycles. The van der Waals surface area contributed by atoms with E-state index in [2.05, 4.69) is 21.2 Å². The van der Waals surface area contributed by atoms with Crippen LogP contribution in [0.2, 0.25) is 0 Å². The van der Waals surface area contributed by atoms with Crippen LogP contribution < -0.4 is 5.32 Å². The fraction of sp³-hybridized carbons (Fsp3) is 0.583. The van der Waals surface area contributed by atoms with Crippen LogP contribution in [0.25, 0.3) is 0 Å². The standard InChI is InChI=1S/C12H15BrClNO2/c13-11-8(6-7-17-11)12(16)15-10-5-3-1-2-4-9(10)14/h6-7,9-10H,1-5H2,(H,15,16). The molecule has 1 heterocycles. The van der Waals surface area contributed by atoms with Crippen LogP contribution in [0.5, 0.6) is 0 Å². The molecule has 5 heteroatoms. The van der Waals surface area contributed by atoms with Crippen LogP contribution in [0.1, 0.15) is 42.5 Å². The fourth-order valence-electron chi connectivity index (χ4n) is 2.13. The van der Waals surface area contributed by atoms with Gasteiger partial charge in [-0.25, -0.2) is 0 Å². The lowest BCUT2D eigenvalue weighted by atomic mass is 10.1. The predicted molar refractivity (Wildman–Crippen MR) is 70.4 cm³/mol. The molecule has 1 N–H and O–H groups in total. The Balaban J connectivity index is 2.00. The summed E-state index contributed by atoms with van der Waals surface area (Å²) in [5, 5.41) is 3.03. The van der Waals surface area contributed by atoms with E-state index in [1.54, 1.807) is 6.07 Å². The summed E-state index contributed by atoms with van der Waals surface area (Å²) in [6.07, 6.45) is 6.89. The van der Waals surface area contributed by atoms with Crippen molar-refractivity contribution in [3.8, 4) is 0 Å². The Bertz CT molecular complexity index is 394. The molecule has 0 radical (unpaired) electrons. The van der Waals surface area contributed by atoms with Gasteiger partial charge in [0.2, 0.25) is 0 Å². The van der Waals surface area contributed by atoms with Crippen LogP contribution in [0, 0.1) is 0 Å². The van der Waals surface area contributed by atoms with Crippen molar-refractivity contribution in [3.63, 3.8) is 0 Å². The van der Waals surface area contributed by atoms with Crippen molar-refractivity contribution >= 4 is 33.4 Å². The van der Waals surface area contributed by atoms with Crippen molar-refractivity contribution < 1.29 is 9.21 Å². The first kappa shape index (κ1) is 13.0. The molecule has 1 aliphatic rings. The van der Waals surface area contributed by atoms with E-state index in [0.717, 1.165) is 25.7 Å². The summed E-state index contributed by atoms with van der Waals surface area (Å²) in [6.45, 7) is 0. The van der Waals surface area contributed by atoms with Gasteiger partial charge in [-0.2, -0.15) is 0 Å². The summed E-state index contributed by atoms with van der Waals surface area (Å²) in [5.74, 6) is -0.122. The van der Waals surface area contributed by atoms with E-state index in [4.69, 9.17) is 16.0 Å². The molecule has 94 valence electrons. The van der Waals surface area contributed by atoms with E-state index in [9.17, 15) is 4.79 Å². The van der Waals surface area contributed by atoms with Gasteiger partial charge < -0.3 is 9.73 Å². The number of amides is 1. The Morgan fingerprint density at radius 2 is 2.18 bits per heavy atom. The fourth-order valence-corrected chi connectivity index (χ4v) is 2.89. The molecule has 2 unspecified atom stereocenters. The zero-order chi connectivity index (χ0) is 12.3. The maximum absolute atomic E-state index is 12.0. The van der Waals surface area contributed by atoms with E-state index in [1.165, 1.54) is 12.7 Å². The molecule has 1 saturated carbocycles. The Morgan fingerprint density at radius 3 is 2.88 bits per heavy atom. The normalized spacial score (nSPS) is 25.3. The highest BCUT2D eigenvalue weighted by molar-refractivity contribution is 9.10. The first-order valence-electron chi connectivity index (χ1n) is 5.86. The average molecular weight is 321 g/mol. The van der Waals surface area contributed by atoms with Crippen LogP contribution in [0.3, 0.4) is 0 Å². The van der Waals surface area contributed by atoms with E-state index < -0.39 is 0 Å². The Hall–Kier alpha value is -0.480. The number of nitrogens with one attached hydrogen (secondary N) is 1. The van der Waals surface area contributed by atoms with Gasteiger partial charge in [0.05, 0.1) is 17.2 Å². The summed E-state index contributed by atoms with van der Waals surface area (Å²) < 4.78 is 5.52. The summed E-state index contributed by atoms with van der Waals surface area (Å²) in [7, 11) is 0. The smallest absolute Gasteiger partial charge is 0.256 e. The molecule has 3 nitrogen and oxygen atoms in total. The van der Waals surface area contributed by atoms with Crippen LogP contribution in [0.4, 0.5) is 0 Å². The van der Waals surface area contributed by atoms with Gasteiger partial charge in [0.1, 0.15) is 0 Å². The number of alkyl halides is 1. The largest absolute Gasteiger partial charge is 0.457 e. The minimum absolute atomic E-state index is 0.0344. The second-order valence-electron chi connectivity index (χ2n) is 4.34. The highest BCUT2D eigenvalue weighted by Crippen LogP contribution is 2.23. The Morgan fingerprint density at radius 1 is 1.41 bits per heavy atom. The van der Waals surface area contributed by atoms with Gasteiger partial charge >= 0.3 is 0 Å². The molecule has 0 spiro atoms. The van der Waals surface area contributed by atoms with Gasteiger partial charge in [-0.3, -0.25) is 4.79 Å². The number of rotatable bonds is 2. The molecule has 0 saturated heterocycles. The quantitative estimate of drug-likeness (QED) is 0.666. The third-order valence-corrected chi connectivity index (χ3v) is 4.25. The first-order chi connectivity index (χ1) is 8.18. The van der Waals surface area contributed by atoms with Crippen molar-refractivity contribution in [3.05, 3.63) is 22.6 Å². The lowest BCUT2D eigenvalue weighted by Gasteiger charge is -2.20. The van der Waals surface area contributed by atoms with Crippen LogP contribution in [-0.2, 0) is 0 Å². The molecule has 2 rings (SSSR count). The summed E-state index contributed by atoms with van der Waals surface area (Å²) in [5.41, 5.74) is 0.526. The van der Waals surface area contributed by atoms with Crippen LogP contribution in [-0.4, -0.2) is 17.3 Å². The van der Waals surface area contributed by atoms with E-state index in [0.29, 0.717) is 10.2 Å². The molecule has 0 aliphatic heterocycles. The zero-order valence-corrected chi connectivity index (χ0v) is 11.8. The molecule has 1 amide bonds. The molecule has 1 fully saturated rings. The van der Waals surface area contributed by atoms with Gasteiger partial charge in [-0.15, -0.1) is 11.6 Å². The number of carbonyl (C=O) groups excluding carboxylic acids is 1. The molecule has 1 aromatic heterocycles. The second kappa shape index (κ2) is 5.91. The first-order valence-corrected chi connectivity index (χ1v) is 7.09. The molecule has 0 aromatic carbocycles. The highest BCUT2D eigenvalue weighted by Gasteiger charge is 2.24. The lowest BCUT2D eigenvalue weighted by molar-refractivity contribution is 0.0932. The van der Waals surface area contributed by atoms with Crippen molar-refractivity contribution in [2.45, 2.75) is 43.5 Å². The Kier molecular flexibility index (Phi) is 4.51. The summed E-state index contributed by atoms with van der Waals surface area (Å²) in [6, 6.07) is 1.72. The topological polar surface area (TPSA) is 42.2 Å². The van der Waals surface area contributed by atoms with E-state index in [1.807, 2.05) is 0 Å². The third-order valence-electron chi connectivity index (χ3n) is 3.11. The number of carbonyl (C=O) groups is 1. The van der Waals surface area contributed by atoms with Crippen molar-refractivity contribution in [2.75, 3.05) is 0 Å². The Labute approximate surface area is 114 Å². The monoisotopic (exact) mass is 319 g/mol. The van der Waals surface area contributed by atoms with E-state index in [-0.39, 0.29) is 17.3 Å².